The van der Waals surface area contributed by atoms with Crippen molar-refractivity contribution in [3.63, 3.8) is 0 Å². The molecule has 1 fully saturated rings. The Hall–Kier alpha value is -2.71. The number of carbonyl (C=O) groups excluding carboxylic acids is 2. The van der Waals surface area contributed by atoms with E-state index in [0.717, 1.165) is 30.5 Å². The number of anilines is 2. The average molecular weight is 442 g/mol. The summed E-state index contributed by atoms with van der Waals surface area (Å²) in [5.74, 6) is -0.308. The number of nitrogens with zero attached hydrogens (tertiary/aromatic N) is 2. The summed E-state index contributed by atoms with van der Waals surface area (Å²) in [5.41, 5.74) is 2.51. The van der Waals surface area contributed by atoms with Crippen LogP contribution < -0.4 is 10.2 Å². The molecule has 7 nitrogen and oxygen atoms in total. The third kappa shape index (κ3) is 4.22. The fourth-order valence-electron chi connectivity index (χ4n) is 4.23. The smallest absolute Gasteiger partial charge is 0.255 e. The van der Waals surface area contributed by atoms with E-state index in [1.807, 2.05) is 6.92 Å². The molecule has 164 valence electrons. The molecule has 8 heteroatoms. The van der Waals surface area contributed by atoms with Crippen LogP contribution in [0, 0.1) is 0 Å². The van der Waals surface area contributed by atoms with Crippen LogP contribution in [0.4, 0.5) is 11.4 Å². The lowest BCUT2D eigenvalue weighted by atomic mass is 10.1. The van der Waals surface area contributed by atoms with Crippen LogP contribution in [-0.4, -0.2) is 44.2 Å². The summed E-state index contributed by atoms with van der Waals surface area (Å²) >= 11 is 0. The summed E-state index contributed by atoms with van der Waals surface area (Å²) in [7, 11) is -3.68. The minimum atomic E-state index is -3.68. The summed E-state index contributed by atoms with van der Waals surface area (Å²) in [6, 6.07) is 11.8. The number of sulfonamides is 1. The van der Waals surface area contributed by atoms with Gasteiger partial charge in [0, 0.05) is 37.3 Å². The number of benzene rings is 2. The Morgan fingerprint density at radius 3 is 2.48 bits per heavy atom. The highest BCUT2D eigenvalue weighted by molar-refractivity contribution is 7.89. The summed E-state index contributed by atoms with van der Waals surface area (Å²) in [6.07, 6.45) is 3.86. The number of carbonyl (C=O) groups is 2. The number of hydrogen-bond donors (Lipinski definition) is 1. The van der Waals surface area contributed by atoms with Gasteiger partial charge < -0.3 is 10.2 Å². The van der Waals surface area contributed by atoms with E-state index in [1.54, 1.807) is 41.3 Å². The number of para-hydroxylation sites is 1. The second-order valence-corrected chi connectivity index (χ2v) is 9.81. The van der Waals surface area contributed by atoms with Crippen molar-refractivity contribution in [1.82, 2.24) is 4.31 Å². The van der Waals surface area contributed by atoms with Gasteiger partial charge in [0.15, 0.2) is 0 Å². The molecule has 1 N–H and O–H groups in total. The zero-order valence-electron chi connectivity index (χ0n) is 17.6. The van der Waals surface area contributed by atoms with Crippen molar-refractivity contribution in [2.24, 2.45) is 0 Å². The van der Waals surface area contributed by atoms with Gasteiger partial charge in [0.1, 0.15) is 4.90 Å². The van der Waals surface area contributed by atoms with Crippen molar-refractivity contribution in [2.75, 3.05) is 29.9 Å². The molecule has 0 radical (unpaired) electrons. The largest absolute Gasteiger partial charge is 0.321 e. The highest BCUT2D eigenvalue weighted by atomic mass is 32.2. The molecule has 0 atom stereocenters. The van der Waals surface area contributed by atoms with Crippen molar-refractivity contribution in [3.05, 3.63) is 53.6 Å². The molecule has 2 aliphatic rings. The van der Waals surface area contributed by atoms with Crippen LogP contribution in [0.25, 0.3) is 0 Å². The van der Waals surface area contributed by atoms with Crippen LogP contribution in [0.1, 0.15) is 48.5 Å². The lowest BCUT2D eigenvalue weighted by Gasteiger charge is -2.26. The molecular formula is C23H27N3O4S. The maximum Gasteiger partial charge on any atom is 0.255 e. The SMILES string of the molecule is CCC(=O)N1CCc2cc(C(=O)Nc3ccccc3S(=O)(=O)N3CCCCC3)ccc21. The quantitative estimate of drug-likeness (QED) is 0.770. The van der Waals surface area contributed by atoms with Gasteiger partial charge in [-0.05, 0) is 55.2 Å². The van der Waals surface area contributed by atoms with E-state index in [1.165, 1.54) is 10.4 Å². The first-order valence-electron chi connectivity index (χ1n) is 10.8. The van der Waals surface area contributed by atoms with E-state index in [0.29, 0.717) is 38.0 Å². The van der Waals surface area contributed by atoms with Crippen LogP contribution in [0.15, 0.2) is 47.4 Å². The van der Waals surface area contributed by atoms with Crippen LogP contribution in [0.5, 0.6) is 0 Å². The highest BCUT2D eigenvalue weighted by Crippen LogP contribution is 2.31. The zero-order chi connectivity index (χ0) is 22.0. The number of piperidine rings is 1. The lowest BCUT2D eigenvalue weighted by Crippen LogP contribution is -2.36. The molecule has 2 aromatic carbocycles. The Labute approximate surface area is 183 Å². The van der Waals surface area contributed by atoms with Crippen molar-refractivity contribution in [3.8, 4) is 0 Å². The second kappa shape index (κ2) is 8.80. The van der Waals surface area contributed by atoms with Crippen molar-refractivity contribution >= 4 is 33.2 Å². The second-order valence-electron chi connectivity index (χ2n) is 7.91. The first kappa shape index (κ1) is 21.5. The Balaban J connectivity index is 1.57. The predicted molar refractivity (Wildman–Crippen MR) is 120 cm³/mol. The van der Waals surface area contributed by atoms with Gasteiger partial charge in [0.2, 0.25) is 15.9 Å². The molecular weight excluding hydrogens is 414 g/mol. The maximum absolute atomic E-state index is 13.1. The van der Waals surface area contributed by atoms with Crippen LogP contribution >= 0.6 is 0 Å². The molecule has 0 unspecified atom stereocenters. The molecule has 0 saturated carbocycles. The monoisotopic (exact) mass is 441 g/mol. The lowest BCUT2D eigenvalue weighted by molar-refractivity contribution is -0.118. The number of amides is 2. The van der Waals surface area contributed by atoms with Crippen LogP contribution in [0.3, 0.4) is 0 Å². The summed E-state index contributed by atoms with van der Waals surface area (Å²) in [5, 5.41) is 2.78. The molecule has 31 heavy (non-hydrogen) atoms. The highest BCUT2D eigenvalue weighted by Gasteiger charge is 2.29. The Bertz CT molecular complexity index is 1110. The van der Waals surface area contributed by atoms with Crippen molar-refractivity contribution in [1.29, 1.82) is 0 Å². The summed E-state index contributed by atoms with van der Waals surface area (Å²) in [6.45, 7) is 3.45. The molecule has 2 amide bonds. The molecule has 2 aromatic rings. The van der Waals surface area contributed by atoms with Crippen LogP contribution in [-0.2, 0) is 21.2 Å². The third-order valence-corrected chi connectivity index (χ3v) is 7.87. The first-order valence-corrected chi connectivity index (χ1v) is 12.2. The van der Waals surface area contributed by atoms with E-state index in [-0.39, 0.29) is 22.4 Å². The minimum Gasteiger partial charge on any atom is -0.321 e. The third-order valence-electron chi connectivity index (χ3n) is 5.91. The summed E-state index contributed by atoms with van der Waals surface area (Å²) < 4.78 is 27.8. The first-order chi connectivity index (χ1) is 14.9. The Morgan fingerprint density at radius 1 is 1.00 bits per heavy atom. The molecule has 2 heterocycles. The Kier molecular flexibility index (Phi) is 6.11. The average Bonchev–Trinajstić information content (AvgIpc) is 3.22. The normalized spacial score (nSPS) is 16.7. The molecule has 0 aromatic heterocycles. The molecule has 0 bridgehead atoms. The number of fused-ring (bicyclic) bond motifs is 1. The minimum absolute atomic E-state index is 0.0628. The van der Waals surface area contributed by atoms with Gasteiger partial charge >= 0.3 is 0 Å². The van der Waals surface area contributed by atoms with E-state index < -0.39 is 10.0 Å². The molecule has 2 aliphatic heterocycles. The van der Waals surface area contributed by atoms with Gasteiger partial charge in [0.25, 0.3) is 5.91 Å². The van der Waals surface area contributed by atoms with Gasteiger partial charge in [-0.2, -0.15) is 4.31 Å². The molecule has 4 rings (SSSR count). The van der Waals surface area contributed by atoms with E-state index in [2.05, 4.69) is 5.32 Å². The number of hydrogen-bond acceptors (Lipinski definition) is 4. The maximum atomic E-state index is 13.1. The fraction of sp³-hybridized carbons (Fsp3) is 0.391. The molecule has 1 saturated heterocycles. The summed E-state index contributed by atoms with van der Waals surface area (Å²) in [4.78, 5) is 26.9. The van der Waals surface area contributed by atoms with Gasteiger partial charge in [-0.25, -0.2) is 8.42 Å². The van der Waals surface area contributed by atoms with Gasteiger partial charge in [-0.15, -0.1) is 0 Å². The van der Waals surface area contributed by atoms with Gasteiger partial charge in [-0.3, -0.25) is 9.59 Å². The van der Waals surface area contributed by atoms with Gasteiger partial charge in [0.05, 0.1) is 5.69 Å². The van der Waals surface area contributed by atoms with Gasteiger partial charge in [-0.1, -0.05) is 25.5 Å². The Morgan fingerprint density at radius 2 is 1.74 bits per heavy atom. The topological polar surface area (TPSA) is 86.8 Å². The van der Waals surface area contributed by atoms with E-state index in [9.17, 15) is 18.0 Å². The van der Waals surface area contributed by atoms with E-state index in [4.69, 9.17) is 0 Å². The standard InChI is InChI=1S/C23H27N3O4S/c1-2-22(27)26-15-12-17-16-18(10-11-20(17)26)23(28)24-19-8-4-5-9-21(19)31(29,30)25-13-6-3-7-14-25/h4-5,8-11,16H,2-3,6-7,12-15H2,1H3,(H,24,28). The number of rotatable bonds is 5. The zero-order valence-corrected chi connectivity index (χ0v) is 18.5. The van der Waals surface area contributed by atoms with Crippen LogP contribution in [0.2, 0.25) is 0 Å². The fourth-order valence-corrected chi connectivity index (χ4v) is 5.89. The van der Waals surface area contributed by atoms with Crippen molar-refractivity contribution in [2.45, 2.75) is 43.9 Å². The predicted octanol–water partition coefficient (Wildman–Crippen LogP) is 3.41. The molecule has 0 aliphatic carbocycles. The van der Waals surface area contributed by atoms with Crippen molar-refractivity contribution < 1.29 is 18.0 Å². The van der Waals surface area contributed by atoms with E-state index >= 15 is 0 Å². The molecule has 0 spiro atoms. The number of nitrogens with one attached hydrogen (secondary N) is 1.